The van der Waals surface area contributed by atoms with Crippen LogP contribution in [0.15, 0.2) is 0 Å². The highest BCUT2D eigenvalue weighted by atomic mass is 16.2. The van der Waals surface area contributed by atoms with Crippen LogP contribution in [0.1, 0.15) is 13.8 Å². The van der Waals surface area contributed by atoms with E-state index in [0.717, 1.165) is 0 Å². The van der Waals surface area contributed by atoms with Crippen LogP contribution in [0.25, 0.3) is 0 Å². The Morgan fingerprint density at radius 1 is 1.60 bits per heavy atom. The molecule has 0 aliphatic heterocycles. The van der Waals surface area contributed by atoms with Gasteiger partial charge in [-0.3, -0.25) is 4.79 Å². The highest BCUT2D eigenvalue weighted by Crippen LogP contribution is 1.92. The van der Waals surface area contributed by atoms with Crippen molar-refractivity contribution in [1.82, 2.24) is 5.32 Å². The Kier molecular flexibility index (Phi) is 3.46. The summed E-state index contributed by atoms with van der Waals surface area (Å²) >= 11 is 0. The molecule has 0 fully saturated rings. The molecule has 4 heteroatoms. The van der Waals surface area contributed by atoms with Crippen molar-refractivity contribution in [2.45, 2.75) is 13.8 Å². The summed E-state index contributed by atoms with van der Waals surface area (Å²) in [6.45, 7) is 3.54. The Bertz CT molecular complexity index is 145. The summed E-state index contributed by atoms with van der Waals surface area (Å²) in [6.07, 6.45) is 0. The molecule has 0 aliphatic rings. The average Bonchev–Trinajstić information content (AvgIpc) is 1.82. The van der Waals surface area contributed by atoms with E-state index in [4.69, 9.17) is 5.73 Å². The Hall–Kier alpha value is -1.06. The zero-order chi connectivity index (χ0) is 8.15. The molecule has 4 nitrogen and oxygen atoms in total. The number of ketones is 1. The van der Waals surface area contributed by atoms with Gasteiger partial charge in [-0.2, -0.15) is 0 Å². The van der Waals surface area contributed by atoms with Gasteiger partial charge in [0.1, 0.15) is 5.78 Å². The van der Waals surface area contributed by atoms with E-state index in [1.807, 2.05) is 0 Å². The van der Waals surface area contributed by atoms with Crippen LogP contribution >= 0.6 is 0 Å². The van der Waals surface area contributed by atoms with E-state index in [2.05, 4.69) is 5.32 Å². The fraction of sp³-hybridized carbons (Fsp3) is 0.667. The molecule has 0 aromatic rings. The van der Waals surface area contributed by atoms with Gasteiger partial charge in [0.05, 0.1) is 0 Å². The SMILES string of the molecule is CC(=O)C(C)CNC(N)=O. The number of carbonyl (C=O) groups excluding carboxylic acids is 2. The predicted molar refractivity (Wildman–Crippen MR) is 37.4 cm³/mol. The fourth-order valence-electron chi connectivity index (χ4n) is 0.397. The molecular formula is C6H12N2O2. The highest BCUT2D eigenvalue weighted by Gasteiger charge is 2.06. The first-order valence-electron chi connectivity index (χ1n) is 3.07. The quantitative estimate of drug-likeness (QED) is 0.579. The van der Waals surface area contributed by atoms with Crippen LogP contribution in [0.3, 0.4) is 0 Å². The molecule has 0 aromatic heterocycles. The van der Waals surface area contributed by atoms with Crippen LogP contribution in [0.2, 0.25) is 0 Å². The summed E-state index contributed by atoms with van der Waals surface area (Å²) in [4.78, 5) is 20.7. The van der Waals surface area contributed by atoms with Gasteiger partial charge in [-0.05, 0) is 6.92 Å². The van der Waals surface area contributed by atoms with Crippen molar-refractivity contribution in [2.24, 2.45) is 11.7 Å². The highest BCUT2D eigenvalue weighted by molar-refractivity contribution is 5.79. The molecular weight excluding hydrogens is 132 g/mol. The second-order valence-electron chi connectivity index (χ2n) is 2.26. The van der Waals surface area contributed by atoms with E-state index in [1.54, 1.807) is 6.92 Å². The number of Topliss-reactive ketones (excluding diaryl/α,β-unsaturated/α-hetero) is 1. The Morgan fingerprint density at radius 3 is 2.40 bits per heavy atom. The summed E-state index contributed by atoms with van der Waals surface area (Å²) in [5.74, 6) is -0.0961. The van der Waals surface area contributed by atoms with E-state index in [0.29, 0.717) is 6.54 Å². The van der Waals surface area contributed by atoms with Gasteiger partial charge in [0.15, 0.2) is 0 Å². The lowest BCUT2D eigenvalue weighted by Crippen LogP contribution is -2.34. The Balaban J connectivity index is 3.49. The molecule has 10 heavy (non-hydrogen) atoms. The first-order chi connectivity index (χ1) is 4.54. The zero-order valence-corrected chi connectivity index (χ0v) is 6.18. The van der Waals surface area contributed by atoms with Crippen molar-refractivity contribution < 1.29 is 9.59 Å². The van der Waals surface area contributed by atoms with Crippen LogP contribution in [-0.2, 0) is 4.79 Å². The van der Waals surface area contributed by atoms with E-state index in [-0.39, 0.29) is 11.7 Å². The van der Waals surface area contributed by atoms with Gasteiger partial charge in [0, 0.05) is 12.5 Å². The number of primary amides is 1. The molecule has 3 N–H and O–H groups in total. The van der Waals surface area contributed by atoms with Crippen LogP contribution < -0.4 is 11.1 Å². The number of hydrogen-bond acceptors (Lipinski definition) is 2. The minimum atomic E-state index is -0.590. The van der Waals surface area contributed by atoms with Crippen molar-refractivity contribution in [1.29, 1.82) is 0 Å². The second kappa shape index (κ2) is 3.87. The lowest BCUT2D eigenvalue weighted by Gasteiger charge is -2.05. The number of carbonyl (C=O) groups is 2. The van der Waals surface area contributed by atoms with Crippen molar-refractivity contribution in [3.63, 3.8) is 0 Å². The lowest BCUT2D eigenvalue weighted by atomic mass is 10.1. The van der Waals surface area contributed by atoms with Gasteiger partial charge in [0.25, 0.3) is 0 Å². The molecule has 0 aliphatic carbocycles. The molecule has 0 rings (SSSR count). The number of amides is 2. The standard InChI is InChI=1S/C6H12N2O2/c1-4(5(2)9)3-8-6(7)10/h4H,3H2,1-2H3,(H3,7,8,10). The molecule has 58 valence electrons. The summed E-state index contributed by atoms with van der Waals surface area (Å²) < 4.78 is 0. The molecule has 2 amide bonds. The molecule has 0 saturated carbocycles. The molecule has 0 spiro atoms. The average molecular weight is 144 g/mol. The van der Waals surface area contributed by atoms with Crippen molar-refractivity contribution in [3.05, 3.63) is 0 Å². The van der Waals surface area contributed by atoms with E-state index < -0.39 is 6.03 Å². The van der Waals surface area contributed by atoms with Gasteiger partial charge in [0.2, 0.25) is 0 Å². The largest absolute Gasteiger partial charge is 0.352 e. The molecule has 1 unspecified atom stereocenters. The minimum Gasteiger partial charge on any atom is -0.352 e. The summed E-state index contributed by atoms with van der Waals surface area (Å²) in [6, 6.07) is -0.590. The van der Waals surface area contributed by atoms with E-state index in [1.165, 1.54) is 6.92 Å². The zero-order valence-electron chi connectivity index (χ0n) is 6.18. The Morgan fingerprint density at radius 2 is 2.10 bits per heavy atom. The van der Waals surface area contributed by atoms with Gasteiger partial charge in [-0.15, -0.1) is 0 Å². The molecule has 0 radical (unpaired) electrons. The first-order valence-corrected chi connectivity index (χ1v) is 3.07. The van der Waals surface area contributed by atoms with Gasteiger partial charge >= 0.3 is 6.03 Å². The number of hydrogen-bond donors (Lipinski definition) is 2. The third-order valence-electron chi connectivity index (χ3n) is 1.28. The number of nitrogens with one attached hydrogen (secondary N) is 1. The van der Waals surface area contributed by atoms with Crippen LogP contribution in [0, 0.1) is 5.92 Å². The normalized spacial score (nSPS) is 12.2. The van der Waals surface area contributed by atoms with Gasteiger partial charge in [-0.25, -0.2) is 4.79 Å². The monoisotopic (exact) mass is 144 g/mol. The summed E-state index contributed by atoms with van der Waals surface area (Å²) in [7, 11) is 0. The topological polar surface area (TPSA) is 72.2 Å². The number of rotatable bonds is 3. The van der Waals surface area contributed by atoms with Gasteiger partial charge in [-0.1, -0.05) is 6.92 Å². The van der Waals surface area contributed by atoms with Crippen LogP contribution in [-0.4, -0.2) is 18.4 Å². The number of nitrogens with two attached hydrogens (primary N) is 1. The van der Waals surface area contributed by atoms with Crippen LogP contribution in [0.4, 0.5) is 4.79 Å². The van der Waals surface area contributed by atoms with E-state index >= 15 is 0 Å². The van der Waals surface area contributed by atoms with Crippen LogP contribution in [0.5, 0.6) is 0 Å². The maximum atomic E-state index is 10.6. The molecule has 0 heterocycles. The smallest absolute Gasteiger partial charge is 0.312 e. The third kappa shape index (κ3) is 3.88. The lowest BCUT2D eigenvalue weighted by molar-refractivity contribution is -0.120. The maximum Gasteiger partial charge on any atom is 0.312 e. The molecule has 0 bridgehead atoms. The molecule has 0 saturated heterocycles. The van der Waals surface area contributed by atoms with Gasteiger partial charge < -0.3 is 11.1 Å². The van der Waals surface area contributed by atoms with Crippen molar-refractivity contribution in [2.75, 3.05) is 6.54 Å². The maximum absolute atomic E-state index is 10.6. The number of urea groups is 1. The van der Waals surface area contributed by atoms with Crippen molar-refractivity contribution >= 4 is 11.8 Å². The molecule has 1 atom stereocenters. The third-order valence-corrected chi connectivity index (χ3v) is 1.28. The first kappa shape index (κ1) is 8.94. The fourth-order valence-corrected chi connectivity index (χ4v) is 0.397. The molecule has 0 aromatic carbocycles. The second-order valence-corrected chi connectivity index (χ2v) is 2.26. The minimum absolute atomic E-state index is 0.0498. The van der Waals surface area contributed by atoms with E-state index in [9.17, 15) is 9.59 Å². The summed E-state index contributed by atoms with van der Waals surface area (Å²) in [5, 5.41) is 2.34. The predicted octanol–water partition coefficient (Wildman–Crippen LogP) is -0.120. The Labute approximate surface area is 59.8 Å². The van der Waals surface area contributed by atoms with Crippen molar-refractivity contribution in [3.8, 4) is 0 Å². The summed E-state index contributed by atoms with van der Waals surface area (Å²) in [5.41, 5.74) is 4.78.